The van der Waals surface area contributed by atoms with Gasteiger partial charge in [0.2, 0.25) is 0 Å². The number of hydrogen-bond acceptors (Lipinski definition) is 4. The molecule has 2 saturated carbocycles. The SMILES string of the molecule is COc1cc(Cl)c(CNC2CC(N(CC(=O)O)CC3CC3)C2)cc1Cl. The molecule has 0 atom stereocenters. The summed E-state index contributed by atoms with van der Waals surface area (Å²) in [6.45, 7) is 1.71. The number of methoxy groups -OCH3 is 1. The molecule has 25 heavy (non-hydrogen) atoms. The zero-order chi connectivity index (χ0) is 18.0. The maximum Gasteiger partial charge on any atom is 0.317 e. The predicted octanol–water partition coefficient (Wildman–Crippen LogP) is 3.42. The van der Waals surface area contributed by atoms with Gasteiger partial charge in [0.1, 0.15) is 5.75 Å². The maximum absolute atomic E-state index is 11.1. The number of ether oxygens (including phenoxy) is 1. The van der Waals surface area contributed by atoms with Crippen LogP contribution in [0.25, 0.3) is 0 Å². The molecule has 7 heteroatoms. The van der Waals surface area contributed by atoms with E-state index >= 15 is 0 Å². The highest BCUT2D eigenvalue weighted by Gasteiger charge is 2.36. The number of hydrogen-bond donors (Lipinski definition) is 2. The van der Waals surface area contributed by atoms with E-state index in [1.807, 2.05) is 6.07 Å². The van der Waals surface area contributed by atoms with Crippen LogP contribution in [-0.4, -0.2) is 48.3 Å². The quantitative estimate of drug-likeness (QED) is 0.680. The minimum absolute atomic E-state index is 0.147. The highest BCUT2D eigenvalue weighted by molar-refractivity contribution is 6.34. The van der Waals surface area contributed by atoms with Crippen LogP contribution in [0.4, 0.5) is 0 Å². The van der Waals surface area contributed by atoms with E-state index in [9.17, 15) is 4.79 Å². The Bertz CT molecular complexity index is 631. The van der Waals surface area contributed by atoms with E-state index in [2.05, 4.69) is 10.2 Å². The van der Waals surface area contributed by atoms with Crippen LogP contribution in [-0.2, 0) is 11.3 Å². The van der Waals surface area contributed by atoms with Crippen LogP contribution < -0.4 is 10.1 Å². The van der Waals surface area contributed by atoms with Crippen molar-refractivity contribution < 1.29 is 14.6 Å². The second-order valence-corrected chi connectivity index (χ2v) is 7.86. The van der Waals surface area contributed by atoms with Crippen molar-refractivity contribution in [1.29, 1.82) is 0 Å². The number of carboxylic acid groups (broad SMARTS) is 1. The Balaban J connectivity index is 1.48. The van der Waals surface area contributed by atoms with Gasteiger partial charge in [0.05, 0.1) is 18.7 Å². The van der Waals surface area contributed by atoms with Crippen molar-refractivity contribution in [3.05, 3.63) is 27.7 Å². The molecule has 2 aliphatic carbocycles. The summed E-state index contributed by atoms with van der Waals surface area (Å²) in [6.07, 6.45) is 4.42. The number of aliphatic carboxylic acids is 1. The number of nitrogens with one attached hydrogen (secondary N) is 1. The van der Waals surface area contributed by atoms with Crippen LogP contribution in [0.2, 0.25) is 10.0 Å². The average molecular weight is 387 g/mol. The lowest BCUT2D eigenvalue weighted by molar-refractivity contribution is -0.139. The van der Waals surface area contributed by atoms with Crippen LogP contribution >= 0.6 is 23.2 Å². The van der Waals surface area contributed by atoms with Gasteiger partial charge in [-0.1, -0.05) is 23.2 Å². The molecule has 0 saturated heterocycles. The normalized spacial score (nSPS) is 22.7. The zero-order valence-electron chi connectivity index (χ0n) is 14.3. The maximum atomic E-state index is 11.1. The predicted molar refractivity (Wildman–Crippen MR) is 98.6 cm³/mol. The number of benzene rings is 1. The van der Waals surface area contributed by atoms with Crippen molar-refractivity contribution in [2.45, 2.75) is 44.3 Å². The Morgan fingerprint density at radius 3 is 2.64 bits per heavy atom. The smallest absolute Gasteiger partial charge is 0.317 e. The third-order valence-corrected chi connectivity index (χ3v) is 5.71. The first-order valence-electron chi connectivity index (χ1n) is 8.67. The molecule has 0 radical (unpaired) electrons. The molecule has 0 aliphatic heterocycles. The molecule has 2 fully saturated rings. The van der Waals surface area contributed by atoms with Gasteiger partial charge in [0.25, 0.3) is 0 Å². The lowest BCUT2D eigenvalue weighted by Gasteiger charge is -2.43. The van der Waals surface area contributed by atoms with E-state index in [-0.39, 0.29) is 6.54 Å². The molecular weight excluding hydrogens is 363 g/mol. The van der Waals surface area contributed by atoms with E-state index in [1.165, 1.54) is 12.8 Å². The van der Waals surface area contributed by atoms with Gasteiger partial charge in [0.15, 0.2) is 0 Å². The molecule has 2 N–H and O–H groups in total. The van der Waals surface area contributed by atoms with E-state index in [0.717, 1.165) is 24.9 Å². The Kier molecular flexibility index (Phi) is 6.10. The summed E-state index contributed by atoms with van der Waals surface area (Å²) in [6, 6.07) is 4.31. The third-order valence-electron chi connectivity index (χ3n) is 5.06. The van der Waals surface area contributed by atoms with Gasteiger partial charge in [-0.3, -0.25) is 9.69 Å². The number of rotatable bonds is 9. The van der Waals surface area contributed by atoms with E-state index < -0.39 is 5.97 Å². The largest absolute Gasteiger partial charge is 0.495 e. The van der Waals surface area contributed by atoms with Crippen molar-refractivity contribution in [2.24, 2.45) is 5.92 Å². The standard InChI is InChI=1S/C18H24Cl2N2O3/c1-25-17-7-15(19)12(4-16(17)20)8-21-13-5-14(6-13)22(10-18(23)24)9-11-2-3-11/h4,7,11,13-14,21H,2-3,5-6,8-10H2,1H3,(H,23,24). The summed E-state index contributed by atoms with van der Waals surface area (Å²) in [7, 11) is 1.56. The molecule has 1 aromatic rings. The summed E-state index contributed by atoms with van der Waals surface area (Å²) in [5.41, 5.74) is 0.941. The summed E-state index contributed by atoms with van der Waals surface area (Å²) in [4.78, 5) is 13.2. The zero-order valence-corrected chi connectivity index (χ0v) is 15.8. The van der Waals surface area contributed by atoms with Gasteiger partial charge in [-0.15, -0.1) is 0 Å². The van der Waals surface area contributed by atoms with Gasteiger partial charge >= 0.3 is 5.97 Å². The highest BCUT2D eigenvalue weighted by atomic mass is 35.5. The Morgan fingerprint density at radius 1 is 1.32 bits per heavy atom. The monoisotopic (exact) mass is 386 g/mol. The van der Waals surface area contributed by atoms with Gasteiger partial charge in [-0.25, -0.2) is 0 Å². The summed E-state index contributed by atoms with van der Waals surface area (Å²) < 4.78 is 5.16. The number of nitrogens with zero attached hydrogens (tertiary/aromatic N) is 1. The van der Waals surface area contributed by atoms with Crippen molar-refractivity contribution in [3.63, 3.8) is 0 Å². The van der Waals surface area contributed by atoms with Crippen LogP contribution in [0, 0.1) is 5.92 Å². The van der Waals surface area contributed by atoms with Crippen molar-refractivity contribution in [3.8, 4) is 5.75 Å². The second kappa shape index (κ2) is 8.12. The molecule has 0 aromatic heterocycles. The number of carboxylic acids is 1. The molecule has 138 valence electrons. The van der Waals surface area contributed by atoms with Gasteiger partial charge in [-0.05, 0) is 43.2 Å². The number of carbonyl (C=O) groups is 1. The molecule has 1 aromatic carbocycles. The van der Waals surface area contributed by atoms with E-state index in [4.69, 9.17) is 33.0 Å². The first kappa shape index (κ1) is 18.8. The molecule has 0 spiro atoms. The Labute approximate surface area is 158 Å². The van der Waals surface area contributed by atoms with Crippen LogP contribution in [0.5, 0.6) is 5.75 Å². The van der Waals surface area contributed by atoms with Gasteiger partial charge in [0, 0.05) is 36.3 Å². The fourth-order valence-electron chi connectivity index (χ4n) is 3.32. The molecule has 0 amide bonds. The van der Waals surface area contributed by atoms with Crippen LogP contribution in [0.15, 0.2) is 12.1 Å². The highest BCUT2D eigenvalue weighted by Crippen LogP contribution is 2.34. The summed E-state index contributed by atoms with van der Waals surface area (Å²) >= 11 is 12.4. The van der Waals surface area contributed by atoms with E-state index in [1.54, 1.807) is 13.2 Å². The van der Waals surface area contributed by atoms with Crippen molar-refractivity contribution >= 4 is 29.2 Å². The average Bonchev–Trinajstić information content (AvgIpc) is 3.31. The van der Waals surface area contributed by atoms with Crippen LogP contribution in [0.1, 0.15) is 31.2 Å². The molecule has 3 rings (SSSR count). The summed E-state index contributed by atoms with van der Waals surface area (Å²) in [5.74, 6) is 0.534. The van der Waals surface area contributed by atoms with Crippen molar-refractivity contribution in [1.82, 2.24) is 10.2 Å². The fraction of sp³-hybridized carbons (Fsp3) is 0.611. The first-order valence-corrected chi connectivity index (χ1v) is 9.43. The third kappa shape index (κ3) is 5.00. The summed E-state index contributed by atoms with van der Waals surface area (Å²) in [5, 5.41) is 13.8. The molecule has 2 aliphatic rings. The molecule has 0 heterocycles. The lowest BCUT2D eigenvalue weighted by Crippen LogP contribution is -2.54. The lowest BCUT2D eigenvalue weighted by atomic mass is 9.85. The molecule has 5 nitrogen and oxygen atoms in total. The minimum Gasteiger partial charge on any atom is -0.495 e. The second-order valence-electron chi connectivity index (χ2n) is 7.05. The Hall–Kier alpha value is -1.01. The van der Waals surface area contributed by atoms with Crippen molar-refractivity contribution in [2.75, 3.05) is 20.2 Å². The molecular formula is C18H24Cl2N2O3. The Morgan fingerprint density at radius 2 is 2.04 bits per heavy atom. The van der Waals surface area contributed by atoms with Crippen LogP contribution in [0.3, 0.4) is 0 Å². The van der Waals surface area contributed by atoms with E-state index in [0.29, 0.717) is 40.3 Å². The van der Waals surface area contributed by atoms with Gasteiger partial charge in [-0.2, -0.15) is 0 Å². The van der Waals surface area contributed by atoms with Gasteiger partial charge < -0.3 is 15.2 Å². The minimum atomic E-state index is -0.739. The molecule has 0 unspecified atom stereocenters. The molecule has 0 bridgehead atoms. The fourth-order valence-corrected chi connectivity index (χ4v) is 3.80. The first-order chi connectivity index (χ1) is 12.0. The topological polar surface area (TPSA) is 61.8 Å². The number of halogens is 2.